The summed E-state index contributed by atoms with van der Waals surface area (Å²) in [6, 6.07) is 14.0. The summed E-state index contributed by atoms with van der Waals surface area (Å²) in [7, 11) is 1.65. The topological polar surface area (TPSA) is 70.2 Å². The first kappa shape index (κ1) is 18.3. The molecule has 1 aliphatic heterocycles. The zero-order valence-electron chi connectivity index (χ0n) is 16.4. The molecule has 4 rings (SSSR count). The Kier molecular flexibility index (Phi) is 5.19. The van der Waals surface area contributed by atoms with E-state index in [2.05, 4.69) is 34.3 Å². The van der Waals surface area contributed by atoms with Gasteiger partial charge < -0.3 is 19.9 Å². The van der Waals surface area contributed by atoms with E-state index in [4.69, 9.17) is 9.72 Å². The van der Waals surface area contributed by atoms with E-state index in [1.165, 1.54) is 5.56 Å². The molecule has 0 aliphatic carbocycles. The predicted molar refractivity (Wildman–Crippen MR) is 111 cm³/mol. The van der Waals surface area contributed by atoms with Crippen LogP contribution in [-0.4, -0.2) is 36.1 Å². The molecule has 0 unspecified atom stereocenters. The number of nitrogens with one attached hydrogen (secondary N) is 2. The first-order valence-corrected chi connectivity index (χ1v) is 9.74. The number of nitrogens with zero attached hydrogens (tertiary/aromatic N) is 2. The minimum atomic E-state index is -0.0330. The Balaban J connectivity index is 1.40. The van der Waals surface area contributed by atoms with Crippen LogP contribution in [0.25, 0.3) is 11.0 Å². The number of hydrogen-bond acceptors (Lipinski definition) is 4. The SMILES string of the molecule is COc1cccc(CNC(=O)[C@H]2CCCN(c3nc4ccc(C)cc4[nH]3)C2)c1. The normalized spacial score (nSPS) is 16.9. The fraction of sp³-hybridized carbons (Fsp3) is 0.364. The summed E-state index contributed by atoms with van der Waals surface area (Å²) >= 11 is 0. The number of methoxy groups -OCH3 is 1. The van der Waals surface area contributed by atoms with Crippen molar-refractivity contribution in [2.75, 3.05) is 25.1 Å². The van der Waals surface area contributed by atoms with Gasteiger partial charge in [0.1, 0.15) is 5.75 Å². The number of aromatic amines is 1. The largest absolute Gasteiger partial charge is 0.497 e. The highest BCUT2D eigenvalue weighted by molar-refractivity contribution is 5.80. The minimum absolute atomic E-state index is 0.0330. The van der Waals surface area contributed by atoms with Gasteiger partial charge in [0.2, 0.25) is 11.9 Å². The molecule has 146 valence electrons. The van der Waals surface area contributed by atoms with Crippen molar-refractivity contribution >= 4 is 22.9 Å². The highest BCUT2D eigenvalue weighted by Gasteiger charge is 2.27. The van der Waals surface area contributed by atoms with Crippen molar-refractivity contribution in [2.45, 2.75) is 26.3 Å². The number of amides is 1. The third-order valence-corrected chi connectivity index (χ3v) is 5.32. The molecule has 2 aromatic carbocycles. The fourth-order valence-electron chi connectivity index (χ4n) is 3.76. The number of fused-ring (bicyclic) bond motifs is 1. The highest BCUT2D eigenvalue weighted by atomic mass is 16.5. The van der Waals surface area contributed by atoms with Gasteiger partial charge in [-0.2, -0.15) is 0 Å². The Morgan fingerprint density at radius 3 is 3.07 bits per heavy atom. The zero-order chi connectivity index (χ0) is 19.5. The van der Waals surface area contributed by atoms with Gasteiger partial charge in [0, 0.05) is 19.6 Å². The van der Waals surface area contributed by atoms with Crippen molar-refractivity contribution in [3.8, 4) is 5.75 Å². The van der Waals surface area contributed by atoms with Crippen molar-refractivity contribution in [3.05, 3.63) is 53.6 Å². The van der Waals surface area contributed by atoms with Crippen LogP contribution in [-0.2, 0) is 11.3 Å². The van der Waals surface area contributed by atoms with E-state index in [0.29, 0.717) is 13.1 Å². The standard InChI is InChI=1S/C22H26N4O2/c1-15-8-9-19-20(11-15)25-22(24-19)26-10-4-6-17(14-26)21(27)23-13-16-5-3-7-18(12-16)28-2/h3,5,7-9,11-12,17H,4,6,10,13-14H2,1-2H3,(H,23,27)(H,24,25)/t17-/m0/s1. The van der Waals surface area contributed by atoms with Crippen LogP contribution >= 0.6 is 0 Å². The third-order valence-electron chi connectivity index (χ3n) is 5.32. The van der Waals surface area contributed by atoms with E-state index in [9.17, 15) is 4.79 Å². The second-order valence-corrected chi connectivity index (χ2v) is 7.44. The number of H-pyrrole nitrogens is 1. The summed E-state index contributed by atoms with van der Waals surface area (Å²) in [6.45, 7) is 4.18. The summed E-state index contributed by atoms with van der Waals surface area (Å²) in [4.78, 5) is 23.0. The van der Waals surface area contributed by atoms with Crippen LogP contribution in [0, 0.1) is 12.8 Å². The lowest BCUT2D eigenvalue weighted by molar-refractivity contribution is -0.125. The number of hydrogen-bond donors (Lipinski definition) is 2. The minimum Gasteiger partial charge on any atom is -0.497 e. The summed E-state index contributed by atoms with van der Waals surface area (Å²) in [5, 5.41) is 3.07. The lowest BCUT2D eigenvalue weighted by atomic mass is 9.97. The Hall–Kier alpha value is -3.02. The maximum absolute atomic E-state index is 12.7. The second-order valence-electron chi connectivity index (χ2n) is 7.44. The molecule has 28 heavy (non-hydrogen) atoms. The number of anilines is 1. The molecule has 2 N–H and O–H groups in total. The molecule has 1 saturated heterocycles. The van der Waals surface area contributed by atoms with Gasteiger partial charge in [-0.05, 0) is 55.2 Å². The van der Waals surface area contributed by atoms with Crippen molar-refractivity contribution in [1.29, 1.82) is 0 Å². The van der Waals surface area contributed by atoms with Crippen LogP contribution in [0.2, 0.25) is 0 Å². The Morgan fingerprint density at radius 1 is 1.32 bits per heavy atom. The first-order chi connectivity index (χ1) is 13.6. The molecule has 6 nitrogen and oxygen atoms in total. The summed E-state index contributed by atoms with van der Waals surface area (Å²) in [5.41, 5.74) is 4.24. The smallest absolute Gasteiger partial charge is 0.225 e. The van der Waals surface area contributed by atoms with Crippen LogP contribution in [0.4, 0.5) is 5.95 Å². The number of aryl methyl sites for hydroxylation is 1. The molecule has 1 atom stereocenters. The van der Waals surface area contributed by atoms with Gasteiger partial charge in [0.25, 0.3) is 0 Å². The third kappa shape index (κ3) is 3.96. The van der Waals surface area contributed by atoms with E-state index in [-0.39, 0.29) is 11.8 Å². The molecule has 1 amide bonds. The van der Waals surface area contributed by atoms with Crippen LogP contribution in [0.1, 0.15) is 24.0 Å². The quantitative estimate of drug-likeness (QED) is 0.714. The van der Waals surface area contributed by atoms with Crippen molar-refractivity contribution in [3.63, 3.8) is 0 Å². The van der Waals surface area contributed by atoms with Crippen molar-refractivity contribution in [1.82, 2.24) is 15.3 Å². The summed E-state index contributed by atoms with van der Waals surface area (Å²) in [5.74, 6) is 1.72. The average molecular weight is 378 g/mol. The first-order valence-electron chi connectivity index (χ1n) is 9.74. The van der Waals surface area contributed by atoms with Gasteiger partial charge in [0.15, 0.2) is 0 Å². The van der Waals surface area contributed by atoms with Crippen LogP contribution in [0.15, 0.2) is 42.5 Å². The van der Waals surface area contributed by atoms with Gasteiger partial charge in [-0.1, -0.05) is 18.2 Å². The zero-order valence-corrected chi connectivity index (χ0v) is 16.4. The monoisotopic (exact) mass is 378 g/mol. The Morgan fingerprint density at radius 2 is 2.21 bits per heavy atom. The van der Waals surface area contributed by atoms with Gasteiger partial charge >= 0.3 is 0 Å². The molecule has 2 heterocycles. The van der Waals surface area contributed by atoms with E-state index in [1.807, 2.05) is 30.3 Å². The van der Waals surface area contributed by atoms with E-state index < -0.39 is 0 Å². The van der Waals surface area contributed by atoms with Gasteiger partial charge in [0.05, 0.1) is 24.1 Å². The average Bonchev–Trinajstić information content (AvgIpc) is 3.15. The summed E-state index contributed by atoms with van der Waals surface area (Å²) < 4.78 is 5.24. The van der Waals surface area contributed by atoms with Crippen molar-refractivity contribution < 1.29 is 9.53 Å². The van der Waals surface area contributed by atoms with E-state index >= 15 is 0 Å². The molecule has 1 aliphatic rings. The molecule has 6 heteroatoms. The lowest BCUT2D eigenvalue weighted by Gasteiger charge is -2.31. The summed E-state index contributed by atoms with van der Waals surface area (Å²) in [6.07, 6.45) is 1.88. The molecule has 0 saturated carbocycles. The maximum atomic E-state index is 12.7. The van der Waals surface area contributed by atoms with Gasteiger partial charge in [-0.3, -0.25) is 4.79 Å². The van der Waals surface area contributed by atoms with E-state index in [0.717, 1.165) is 47.7 Å². The second kappa shape index (κ2) is 7.92. The predicted octanol–water partition coefficient (Wildman–Crippen LogP) is 3.41. The Labute approximate surface area is 164 Å². The number of carbonyl (C=O) groups is 1. The maximum Gasteiger partial charge on any atom is 0.225 e. The number of rotatable bonds is 5. The van der Waals surface area contributed by atoms with Gasteiger partial charge in [-0.15, -0.1) is 0 Å². The number of aromatic nitrogens is 2. The molecule has 0 spiro atoms. The Bertz CT molecular complexity index is 982. The molecule has 3 aromatic rings. The van der Waals surface area contributed by atoms with Crippen molar-refractivity contribution in [2.24, 2.45) is 5.92 Å². The fourth-order valence-corrected chi connectivity index (χ4v) is 3.76. The molecule has 1 aromatic heterocycles. The van der Waals surface area contributed by atoms with E-state index in [1.54, 1.807) is 7.11 Å². The lowest BCUT2D eigenvalue weighted by Crippen LogP contribution is -2.43. The number of imidazole rings is 1. The molecular weight excluding hydrogens is 352 g/mol. The molecule has 0 radical (unpaired) electrons. The van der Waals surface area contributed by atoms with Crippen LogP contribution in [0.3, 0.4) is 0 Å². The molecule has 1 fully saturated rings. The van der Waals surface area contributed by atoms with Gasteiger partial charge in [-0.25, -0.2) is 4.98 Å². The number of benzene rings is 2. The number of carbonyl (C=O) groups excluding carboxylic acids is 1. The molecular formula is C22H26N4O2. The van der Waals surface area contributed by atoms with Crippen LogP contribution in [0.5, 0.6) is 5.75 Å². The number of piperidine rings is 1. The number of ether oxygens (including phenoxy) is 1. The molecule has 0 bridgehead atoms. The van der Waals surface area contributed by atoms with Crippen LogP contribution < -0.4 is 15.0 Å². The highest BCUT2D eigenvalue weighted by Crippen LogP contribution is 2.24.